The van der Waals surface area contributed by atoms with Gasteiger partial charge in [0.15, 0.2) is 0 Å². The zero-order chi connectivity index (χ0) is 13.9. The Kier molecular flexibility index (Phi) is 4.08. The molecule has 2 rings (SSSR count). The summed E-state index contributed by atoms with van der Waals surface area (Å²) < 4.78 is 37.7. The first-order valence-electron chi connectivity index (χ1n) is 6.05. The van der Waals surface area contributed by atoms with Crippen molar-refractivity contribution in [2.24, 2.45) is 0 Å². The van der Waals surface area contributed by atoms with E-state index in [1.807, 2.05) is 0 Å². The molecule has 0 aromatic carbocycles. The van der Waals surface area contributed by atoms with Crippen LogP contribution in [-0.2, 0) is 4.79 Å². The number of anilines is 1. The molecule has 0 spiro atoms. The van der Waals surface area contributed by atoms with Crippen LogP contribution in [0.4, 0.5) is 18.9 Å². The number of nitrogens with zero attached hydrogens (tertiary/aromatic N) is 2. The first-order valence-corrected chi connectivity index (χ1v) is 6.05. The fourth-order valence-corrected chi connectivity index (χ4v) is 2.06. The van der Waals surface area contributed by atoms with Gasteiger partial charge in [-0.25, -0.2) is 0 Å². The van der Waals surface area contributed by atoms with E-state index < -0.39 is 18.5 Å². The molecule has 2 heterocycles. The molecule has 5 nitrogen and oxygen atoms in total. The first-order chi connectivity index (χ1) is 8.94. The Morgan fingerprint density at radius 3 is 2.79 bits per heavy atom. The second-order valence-electron chi connectivity index (χ2n) is 4.53. The summed E-state index contributed by atoms with van der Waals surface area (Å²) in [7, 11) is 0. The van der Waals surface area contributed by atoms with E-state index >= 15 is 0 Å². The lowest BCUT2D eigenvalue weighted by atomic mass is 10.1. The molecule has 0 saturated carbocycles. The van der Waals surface area contributed by atoms with Crippen molar-refractivity contribution < 1.29 is 18.0 Å². The molecule has 0 radical (unpaired) electrons. The van der Waals surface area contributed by atoms with Crippen LogP contribution in [0.15, 0.2) is 12.4 Å². The molecule has 0 aliphatic carbocycles. The first kappa shape index (κ1) is 13.9. The van der Waals surface area contributed by atoms with Gasteiger partial charge >= 0.3 is 6.18 Å². The van der Waals surface area contributed by atoms with E-state index in [-0.39, 0.29) is 6.04 Å². The lowest BCUT2D eigenvalue weighted by molar-refractivity contribution is -0.150. The second kappa shape index (κ2) is 5.60. The van der Waals surface area contributed by atoms with Gasteiger partial charge in [0.25, 0.3) is 0 Å². The molecule has 0 atom stereocenters. The minimum Gasteiger partial charge on any atom is -0.323 e. The average molecular weight is 276 g/mol. The van der Waals surface area contributed by atoms with Crippen molar-refractivity contribution in [3.63, 3.8) is 0 Å². The average Bonchev–Trinajstić information content (AvgIpc) is 2.76. The van der Waals surface area contributed by atoms with Gasteiger partial charge in [-0.1, -0.05) is 0 Å². The molecule has 0 unspecified atom stereocenters. The summed E-state index contributed by atoms with van der Waals surface area (Å²) in [5, 5.41) is 9.50. The van der Waals surface area contributed by atoms with Crippen LogP contribution >= 0.6 is 0 Å². The summed E-state index contributed by atoms with van der Waals surface area (Å²) in [4.78, 5) is 11.1. The third-order valence-electron chi connectivity index (χ3n) is 2.93. The molecule has 1 saturated heterocycles. The third kappa shape index (κ3) is 4.23. The van der Waals surface area contributed by atoms with Gasteiger partial charge in [-0.05, 0) is 25.9 Å². The molecule has 1 amide bonds. The highest BCUT2D eigenvalue weighted by Gasteiger charge is 2.31. The van der Waals surface area contributed by atoms with Gasteiger partial charge in [0.2, 0.25) is 5.91 Å². The van der Waals surface area contributed by atoms with Gasteiger partial charge in [-0.3, -0.25) is 9.48 Å². The monoisotopic (exact) mass is 276 g/mol. The van der Waals surface area contributed by atoms with Crippen molar-refractivity contribution in [2.75, 3.05) is 18.4 Å². The van der Waals surface area contributed by atoms with Crippen LogP contribution in [0, 0.1) is 0 Å². The Morgan fingerprint density at radius 2 is 2.16 bits per heavy atom. The van der Waals surface area contributed by atoms with E-state index in [9.17, 15) is 18.0 Å². The number of hydrogen-bond acceptors (Lipinski definition) is 3. The van der Waals surface area contributed by atoms with Crippen LogP contribution in [0.5, 0.6) is 0 Å². The number of amides is 1. The van der Waals surface area contributed by atoms with Crippen LogP contribution < -0.4 is 10.6 Å². The van der Waals surface area contributed by atoms with E-state index in [4.69, 9.17) is 0 Å². The topological polar surface area (TPSA) is 59.0 Å². The van der Waals surface area contributed by atoms with Crippen LogP contribution in [0.1, 0.15) is 25.3 Å². The Balaban J connectivity index is 1.91. The van der Waals surface area contributed by atoms with Gasteiger partial charge in [-0.2, -0.15) is 18.3 Å². The van der Waals surface area contributed by atoms with E-state index in [0.717, 1.165) is 25.9 Å². The summed E-state index contributed by atoms with van der Waals surface area (Å²) in [6.45, 7) is 1.78. The Morgan fingerprint density at radius 1 is 1.47 bits per heavy atom. The molecule has 1 aromatic rings. The maximum Gasteiger partial charge on any atom is 0.397 e. The number of alkyl halides is 3. The number of carbonyl (C=O) groups is 1. The molecule has 8 heteroatoms. The van der Waals surface area contributed by atoms with E-state index in [1.165, 1.54) is 6.20 Å². The Labute approximate surface area is 108 Å². The van der Waals surface area contributed by atoms with Gasteiger partial charge in [0, 0.05) is 6.20 Å². The zero-order valence-electron chi connectivity index (χ0n) is 10.2. The van der Waals surface area contributed by atoms with E-state index in [2.05, 4.69) is 15.7 Å². The van der Waals surface area contributed by atoms with Crippen LogP contribution in [0.2, 0.25) is 0 Å². The quantitative estimate of drug-likeness (QED) is 0.883. The molecule has 1 fully saturated rings. The van der Waals surface area contributed by atoms with Crippen molar-refractivity contribution in [1.29, 1.82) is 0 Å². The molecular weight excluding hydrogens is 261 g/mol. The molecule has 1 aliphatic rings. The van der Waals surface area contributed by atoms with Crippen molar-refractivity contribution >= 4 is 11.6 Å². The maximum atomic E-state index is 12.0. The smallest absolute Gasteiger partial charge is 0.323 e. The summed E-state index contributed by atoms with van der Waals surface area (Å²) >= 11 is 0. The van der Waals surface area contributed by atoms with Gasteiger partial charge in [-0.15, -0.1) is 0 Å². The van der Waals surface area contributed by atoms with Crippen molar-refractivity contribution in [1.82, 2.24) is 15.1 Å². The second-order valence-corrected chi connectivity index (χ2v) is 4.53. The van der Waals surface area contributed by atoms with Crippen molar-refractivity contribution in [3.8, 4) is 0 Å². The molecule has 1 aliphatic heterocycles. The predicted octanol–water partition coefficient (Wildman–Crippen LogP) is 1.70. The molecule has 0 bridgehead atoms. The number of hydrogen-bond donors (Lipinski definition) is 2. The zero-order valence-corrected chi connectivity index (χ0v) is 10.2. The molecule has 106 valence electrons. The maximum absolute atomic E-state index is 12.0. The standard InChI is InChI=1S/C11H15F3N4O/c12-11(13,14)5-10(19)17-8-6-16-18(7-8)9-1-3-15-4-2-9/h6-7,9,15H,1-5H2,(H,17,19). The highest BCUT2D eigenvalue weighted by molar-refractivity contribution is 5.90. The number of halogens is 3. The third-order valence-corrected chi connectivity index (χ3v) is 2.93. The number of nitrogens with one attached hydrogen (secondary N) is 2. The summed E-state index contributed by atoms with van der Waals surface area (Å²) in [5.41, 5.74) is 0.299. The molecule has 2 N–H and O–H groups in total. The summed E-state index contributed by atoms with van der Waals surface area (Å²) in [6, 6.07) is 0.231. The Bertz CT molecular complexity index is 437. The SMILES string of the molecule is O=C(CC(F)(F)F)Nc1cnn(C2CCNCC2)c1. The number of aromatic nitrogens is 2. The summed E-state index contributed by atoms with van der Waals surface area (Å²) in [6.07, 6.45) is -1.20. The minimum absolute atomic E-state index is 0.231. The largest absolute Gasteiger partial charge is 0.397 e. The fourth-order valence-electron chi connectivity index (χ4n) is 2.06. The fraction of sp³-hybridized carbons (Fsp3) is 0.636. The van der Waals surface area contributed by atoms with Gasteiger partial charge in [0.1, 0.15) is 6.42 Å². The number of rotatable bonds is 3. The van der Waals surface area contributed by atoms with Crippen LogP contribution in [0.25, 0.3) is 0 Å². The van der Waals surface area contributed by atoms with Crippen LogP contribution in [0.3, 0.4) is 0 Å². The molecular formula is C11H15F3N4O. The van der Waals surface area contributed by atoms with E-state index in [1.54, 1.807) is 10.9 Å². The highest BCUT2D eigenvalue weighted by atomic mass is 19.4. The van der Waals surface area contributed by atoms with E-state index in [0.29, 0.717) is 5.69 Å². The van der Waals surface area contributed by atoms with Crippen molar-refractivity contribution in [3.05, 3.63) is 12.4 Å². The summed E-state index contributed by atoms with van der Waals surface area (Å²) in [5.74, 6) is -1.07. The van der Waals surface area contributed by atoms with Gasteiger partial charge < -0.3 is 10.6 Å². The van der Waals surface area contributed by atoms with Gasteiger partial charge in [0.05, 0.1) is 17.9 Å². The Hall–Kier alpha value is -1.57. The normalized spacial score (nSPS) is 17.4. The lowest BCUT2D eigenvalue weighted by Crippen LogP contribution is -2.29. The highest BCUT2D eigenvalue weighted by Crippen LogP contribution is 2.22. The number of piperidine rings is 1. The number of carbonyl (C=O) groups excluding carboxylic acids is 1. The molecule has 19 heavy (non-hydrogen) atoms. The molecule has 1 aromatic heterocycles. The predicted molar refractivity (Wildman–Crippen MR) is 62.7 cm³/mol. The van der Waals surface area contributed by atoms with Crippen LogP contribution in [-0.4, -0.2) is 35.0 Å². The lowest BCUT2D eigenvalue weighted by Gasteiger charge is -2.22. The van der Waals surface area contributed by atoms with Crippen molar-refractivity contribution in [2.45, 2.75) is 31.5 Å². The minimum atomic E-state index is -4.49.